The fraction of sp³-hybridized carbons (Fsp3) is 0.154. The predicted octanol–water partition coefficient (Wildman–Crippen LogP) is 4.81. The molecule has 2 rings (SSSR count). The molecule has 0 aliphatic rings. The lowest BCUT2D eigenvalue weighted by Gasteiger charge is -2.17. The molecule has 1 aromatic heterocycles. The van der Waals surface area contributed by atoms with Gasteiger partial charge < -0.3 is 5.32 Å². The smallest absolute Gasteiger partial charge is 0.152 e. The number of nitrogens with zero attached hydrogens (tertiary/aromatic N) is 1. The molecule has 0 fully saturated rings. The van der Waals surface area contributed by atoms with E-state index in [0.717, 1.165) is 4.47 Å². The van der Waals surface area contributed by atoms with Gasteiger partial charge in [-0.2, -0.15) is 0 Å². The SMILES string of the molecule is CC(Nc1cccnc1Cl)c1cc(Br)ccc1F. The molecule has 0 bridgehead atoms. The lowest BCUT2D eigenvalue weighted by atomic mass is 10.1. The molecule has 94 valence electrons. The number of anilines is 1. The number of pyridine rings is 1. The molecule has 0 amide bonds. The summed E-state index contributed by atoms with van der Waals surface area (Å²) in [7, 11) is 0. The van der Waals surface area contributed by atoms with Crippen LogP contribution in [-0.2, 0) is 0 Å². The highest BCUT2D eigenvalue weighted by molar-refractivity contribution is 9.10. The van der Waals surface area contributed by atoms with E-state index in [1.54, 1.807) is 24.4 Å². The monoisotopic (exact) mass is 328 g/mol. The van der Waals surface area contributed by atoms with Crippen molar-refractivity contribution in [2.75, 3.05) is 5.32 Å². The number of benzene rings is 1. The van der Waals surface area contributed by atoms with Gasteiger partial charge in [-0.05, 0) is 37.3 Å². The topological polar surface area (TPSA) is 24.9 Å². The molecule has 0 aliphatic carbocycles. The molecule has 1 aromatic carbocycles. The number of nitrogens with one attached hydrogen (secondary N) is 1. The molecule has 1 unspecified atom stereocenters. The van der Waals surface area contributed by atoms with Gasteiger partial charge in [-0.1, -0.05) is 27.5 Å². The number of hydrogen-bond acceptors (Lipinski definition) is 2. The van der Waals surface area contributed by atoms with Crippen LogP contribution in [0, 0.1) is 5.82 Å². The van der Waals surface area contributed by atoms with E-state index in [-0.39, 0.29) is 11.9 Å². The first-order chi connectivity index (χ1) is 8.58. The second-order valence-electron chi connectivity index (χ2n) is 3.87. The molecule has 0 saturated heterocycles. The Kier molecular flexibility index (Phi) is 4.19. The third-order valence-electron chi connectivity index (χ3n) is 2.56. The van der Waals surface area contributed by atoms with Gasteiger partial charge in [-0.25, -0.2) is 9.37 Å². The normalized spacial score (nSPS) is 12.2. The van der Waals surface area contributed by atoms with Gasteiger partial charge in [0.05, 0.1) is 11.7 Å². The van der Waals surface area contributed by atoms with E-state index in [9.17, 15) is 4.39 Å². The summed E-state index contributed by atoms with van der Waals surface area (Å²) in [5.74, 6) is -0.252. The highest BCUT2D eigenvalue weighted by Gasteiger charge is 2.12. The molecule has 0 spiro atoms. The van der Waals surface area contributed by atoms with Crippen molar-refractivity contribution in [3.05, 3.63) is 57.5 Å². The molecule has 1 heterocycles. The lowest BCUT2D eigenvalue weighted by Crippen LogP contribution is -2.09. The Labute approximate surface area is 118 Å². The van der Waals surface area contributed by atoms with Crippen LogP contribution < -0.4 is 5.32 Å². The maximum absolute atomic E-state index is 13.7. The van der Waals surface area contributed by atoms with E-state index in [1.807, 2.05) is 13.0 Å². The van der Waals surface area contributed by atoms with Crippen LogP contribution >= 0.6 is 27.5 Å². The van der Waals surface area contributed by atoms with E-state index >= 15 is 0 Å². The van der Waals surface area contributed by atoms with Crippen LogP contribution in [0.2, 0.25) is 5.15 Å². The zero-order chi connectivity index (χ0) is 13.1. The minimum absolute atomic E-state index is 0.204. The fourth-order valence-electron chi connectivity index (χ4n) is 1.65. The third kappa shape index (κ3) is 3.00. The maximum atomic E-state index is 13.7. The molecule has 18 heavy (non-hydrogen) atoms. The average molecular weight is 330 g/mol. The Morgan fingerprint density at radius 2 is 2.17 bits per heavy atom. The number of rotatable bonds is 3. The van der Waals surface area contributed by atoms with Gasteiger partial charge in [0.15, 0.2) is 5.15 Å². The lowest BCUT2D eigenvalue weighted by molar-refractivity contribution is 0.600. The first-order valence-corrected chi connectivity index (χ1v) is 6.57. The number of halogens is 3. The number of hydrogen-bond donors (Lipinski definition) is 1. The van der Waals surface area contributed by atoms with Crippen molar-refractivity contribution in [3.63, 3.8) is 0 Å². The van der Waals surface area contributed by atoms with E-state index in [1.165, 1.54) is 6.07 Å². The molecule has 1 atom stereocenters. The molecular formula is C13H11BrClFN2. The van der Waals surface area contributed by atoms with Crippen molar-refractivity contribution in [2.24, 2.45) is 0 Å². The Bertz CT molecular complexity index is 562. The summed E-state index contributed by atoms with van der Waals surface area (Å²) < 4.78 is 14.6. The molecule has 2 aromatic rings. The van der Waals surface area contributed by atoms with Gasteiger partial charge in [0.2, 0.25) is 0 Å². The van der Waals surface area contributed by atoms with Crippen molar-refractivity contribution < 1.29 is 4.39 Å². The van der Waals surface area contributed by atoms with E-state index in [2.05, 4.69) is 26.2 Å². The molecule has 0 saturated carbocycles. The summed E-state index contributed by atoms with van der Waals surface area (Å²) in [5, 5.41) is 3.51. The van der Waals surface area contributed by atoms with Gasteiger partial charge in [-0.15, -0.1) is 0 Å². The second-order valence-corrected chi connectivity index (χ2v) is 5.15. The first kappa shape index (κ1) is 13.3. The summed E-state index contributed by atoms with van der Waals surface area (Å²) in [4.78, 5) is 3.97. The highest BCUT2D eigenvalue weighted by atomic mass is 79.9. The fourth-order valence-corrected chi connectivity index (χ4v) is 2.20. The summed E-state index contributed by atoms with van der Waals surface area (Å²) in [6, 6.07) is 8.23. The second kappa shape index (κ2) is 5.67. The zero-order valence-corrected chi connectivity index (χ0v) is 12.0. The van der Waals surface area contributed by atoms with Gasteiger partial charge in [-0.3, -0.25) is 0 Å². The van der Waals surface area contributed by atoms with Crippen molar-refractivity contribution >= 4 is 33.2 Å². The molecule has 2 nitrogen and oxygen atoms in total. The molecule has 0 aliphatic heterocycles. The van der Waals surface area contributed by atoms with Crippen LogP contribution in [0.5, 0.6) is 0 Å². The van der Waals surface area contributed by atoms with Crippen molar-refractivity contribution in [1.29, 1.82) is 0 Å². The first-order valence-electron chi connectivity index (χ1n) is 5.40. The number of aromatic nitrogens is 1. The molecule has 5 heteroatoms. The Morgan fingerprint density at radius 1 is 1.39 bits per heavy atom. The summed E-state index contributed by atoms with van der Waals surface area (Å²) in [6.07, 6.45) is 1.61. The van der Waals surface area contributed by atoms with E-state index in [0.29, 0.717) is 16.4 Å². The summed E-state index contributed by atoms with van der Waals surface area (Å²) in [5.41, 5.74) is 1.26. The zero-order valence-electron chi connectivity index (χ0n) is 9.62. The van der Waals surface area contributed by atoms with Crippen molar-refractivity contribution in [2.45, 2.75) is 13.0 Å². The van der Waals surface area contributed by atoms with E-state index in [4.69, 9.17) is 11.6 Å². The van der Waals surface area contributed by atoms with Crippen LogP contribution in [0.15, 0.2) is 41.0 Å². The van der Waals surface area contributed by atoms with Gasteiger partial charge in [0, 0.05) is 16.2 Å². The van der Waals surface area contributed by atoms with Crippen LogP contribution in [0.25, 0.3) is 0 Å². The van der Waals surface area contributed by atoms with Crippen LogP contribution in [0.4, 0.5) is 10.1 Å². The average Bonchev–Trinajstić information content (AvgIpc) is 2.35. The van der Waals surface area contributed by atoms with Gasteiger partial charge in [0.1, 0.15) is 5.82 Å². The maximum Gasteiger partial charge on any atom is 0.152 e. The minimum Gasteiger partial charge on any atom is -0.376 e. The summed E-state index contributed by atoms with van der Waals surface area (Å²) in [6.45, 7) is 1.87. The minimum atomic E-state index is -0.252. The highest BCUT2D eigenvalue weighted by Crippen LogP contribution is 2.27. The molecule has 1 N–H and O–H groups in total. The van der Waals surface area contributed by atoms with Crippen molar-refractivity contribution in [3.8, 4) is 0 Å². The predicted molar refractivity (Wildman–Crippen MR) is 75.4 cm³/mol. The Balaban J connectivity index is 2.25. The Morgan fingerprint density at radius 3 is 2.89 bits per heavy atom. The Hall–Kier alpha value is -1.13. The third-order valence-corrected chi connectivity index (χ3v) is 3.35. The quantitative estimate of drug-likeness (QED) is 0.817. The van der Waals surface area contributed by atoms with Crippen LogP contribution in [0.1, 0.15) is 18.5 Å². The van der Waals surface area contributed by atoms with Gasteiger partial charge >= 0.3 is 0 Å². The largest absolute Gasteiger partial charge is 0.376 e. The van der Waals surface area contributed by atoms with Crippen LogP contribution in [-0.4, -0.2) is 4.98 Å². The van der Waals surface area contributed by atoms with Crippen LogP contribution in [0.3, 0.4) is 0 Å². The standard InChI is InChI=1S/C13H11BrClFN2/c1-8(10-7-9(14)4-5-11(10)16)18-12-3-2-6-17-13(12)15/h2-8,18H,1H3. The molecular weight excluding hydrogens is 319 g/mol. The summed E-state index contributed by atoms with van der Waals surface area (Å²) >= 11 is 9.28. The molecule has 0 radical (unpaired) electrons. The van der Waals surface area contributed by atoms with Gasteiger partial charge in [0.25, 0.3) is 0 Å². The van der Waals surface area contributed by atoms with Crippen molar-refractivity contribution in [1.82, 2.24) is 4.98 Å². The van der Waals surface area contributed by atoms with E-state index < -0.39 is 0 Å².